The van der Waals surface area contributed by atoms with Gasteiger partial charge in [0.2, 0.25) is 0 Å². The van der Waals surface area contributed by atoms with Gasteiger partial charge >= 0.3 is 0 Å². The first-order valence-corrected chi connectivity index (χ1v) is 5.21. The quantitative estimate of drug-likeness (QED) is 0.591. The molecule has 0 spiro atoms. The fourth-order valence-electron chi connectivity index (χ4n) is 2.34. The molecule has 0 saturated heterocycles. The van der Waals surface area contributed by atoms with Crippen molar-refractivity contribution in [2.75, 3.05) is 0 Å². The lowest BCUT2D eigenvalue weighted by Gasteiger charge is -2.37. The molecule has 1 aliphatic rings. The number of hydrogen-bond donors (Lipinski definition) is 0. The Kier molecular flexibility index (Phi) is 3.30. The van der Waals surface area contributed by atoms with Crippen LogP contribution in [0.1, 0.15) is 52.4 Å². The van der Waals surface area contributed by atoms with Gasteiger partial charge in [-0.05, 0) is 18.8 Å². The van der Waals surface area contributed by atoms with Gasteiger partial charge < -0.3 is 4.79 Å². The molecule has 1 atom stereocenters. The first-order chi connectivity index (χ1) is 5.75. The van der Waals surface area contributed by atoms with E-state index in [1.807, 2.05) is 0 Å². The normalized spacial score (nSPS) is 24.8. The highest BCUT2D eigenvalue weighted by atomic mass is 16.1. The fraction of sp³-hybridized carbons (Fsp3) is 0.909. The molecule has 1 heteroatoms. The van der Waals surface area contributed by atoms with E-state index in [1.54, 1.807) is 0 Å². The predicted octanol–water partition coefficient (Wildman–Crippen LogP) is 3.18. The third kappa shape index (κ3) is 1.70. The topological polar surface area (TPSA) is 17.1 Å². The number of carbonyl (C=O) groups excluding carboxylic acids is 1. The Bertz CT molecular complexity index is 145. The van der Waals surface area contributed by atoms with Crippen LogP contribution >= 0.6 is 0 Å². The average Bonchev–Trinajstić information content (AvgIpc) is 2.17. The number of hydrogen-bond acceptors (Lipinski definition) is 1. The second kappa shape index (κ2) is 4.06. The van der Waals surface area contributed by atoms with Crippen molar-refractivity contribution in [2.45, 2.75) is 52.4 Å². The van der Waals surface area contributed by atoms with E-state index >= 15 is 0 Å². The molecule has 0 aromatic carbocycles. The van der Waals surface area contributed by atoms with Gasteiger partial charge in [0.05, 0.1) is 0 Å². The molecule has 1 saturated carbocycles. The van der Waals surface area contributed by atoms with Crippen LogP contribution in [-0.2, 0) is 4.79 Å². The largest absolute Gasteiger partial charge is 0.303 e. The molecule has 0 aliphatic heterocycles. The summed E-state index contributed by atoms with van der Waals surface area (Å²) in [5.41, 5.74) is 0.0486. The molecule has 0 radical (unpaired) electrons. The minimum atomic E-state index is 0.0486. The van der Waals surface area contributed by atoms with Crippen LogP contribution in [0.15, 0.2) is 0 Å². The molecule has 1 nitrogen and oxygen atoms in total. The van der Waals surface area contributed by atoms with Gasteiger partial charge in [-0.15, -0.1) is 0 Å². The molecule has 0 amide bonds. The van der Waals surface area contributed by atoms with Crippen LogP contribution in [-0.4, -0.2) is 6.29 Å². The summed E-state index contributed by atoms with van der Waals surface area (Å²) in [7, 11) is 0. The van der Waals surface area contributed by atoms with Crippen molar-refractivity contribution in [3.05, 3.63) is 0 Å². The summed E-state index contributed by atoms with van der Waals surface area (Å²) in [5, 5.41) is 0. The van der Waals surface area contributed by atoms with E-state index in [2.05, 4.69) is 13.8 Å². The Hall–Kier alpha value is -0.330. The summed E-state index contributed by atoms with van der Waals surface area (Å²) in [6.07, 6.45) is 8.47. The predicted molar refractivity (Wildman–Crippen MR) is 51.0 cm³/mol. The molecule has 1 unspecified atom stereocenters. The maximum Gasteiger partial charge on any atom is 0.126 e. The van der Waals surface area contributed by atoms with Crippen molar-refractivity contribution in [2.24, 2.45) is 11.3 Å². The van der Waals surface area contributed by atoms with Gasteiger partial charge in [0.1, 0.15) is 6.29 Å². The zero-order chi connectivity index (χ0) is 9.03. The minimum absolute atomic E-state index is 0.0486. The van der Waals surface area contributed by atoms with Crippen LogP contribution in [0.25, 0.3) is 0 Å². The summed E-state index contributed by atoms with van der Waals surface area (Å²) in [6, 6.07) is 0. The van der Waals surface area contributed by atoms with E-state index in [-0.39, 0.29) is 5.41 Å². The molecular formula is C11H20O. The van der Waals surface area contributed by atoms with E-state index in [0.29, 0.717) is 5.92 Å². The van der Waals surface area contributed by atoms with E-state index in [0.717, 1.165) is 19.3 Å². The van der Waals surface area contributed by atoms with Gasteiger partial charge in [0.15, 0.2) is 0 Å². The Labute approximate surface area is 75.5 Å². The van der Waals surface area contributed by atoms with E-state index < -0.39 is 0 Å². The fourth-order valence-corrected chi connectivity index (χ4v) is 2.34. The summed E-state index contributed by atoms with van der Waals surface area (Å²) in [6.45, 7) is 4.41. The SMILES string of the molecule is CCC(C)C1(C=O)CCCCC1. The molecule has 0 N–H and O–H groups in total. The minimum Gasteiger partial charge on any atom is -0.303 e. The molecule has 0 heterocycles. The van der Waals surface area contributed by atoms with Crippen molar-refractivity contribution < 1.29 is 4.79 Å². The molecule has 0 aromatic rings. The highest BCUT2D eigenvalue weighted by Gasteiger charge is 2.35. The molecule has 0 bridgehead atoms. The second-order valence-electron chi connectivity index (χ2n) is 4.22. The summed E-state index contributed by atoms with van der Waals surface area (Å²) in [5.74, 6) is 0.579. The molecule has 12 heavy (non-hydrogen) atoms. The van der Waals surface area contributed by atoms with Gasteiger partial charge in [-0.2, -0.15) is 0 Å². The lowest BCUT2D eigenvalue weighted by Crippen LogP contribution is -2.32. The summed E-state index contributed by atoms with van der Waals surface area (Å²) < 4.78 is 0. The standard InChI is InChI=1S/C11H20O/c1-3-10(2)11(9-12)7-5-4-6-8-11/h9-10H,3-8H2,1-2H3. The van der Waals surface area contributed by atoms with Crippen molar-refractivity contribution in [1.29, 1.82) is 0 Å². The molecule has 1 fully saturated rings. The lowest BCUT2D eigenvalue weighted by molar-refractivity contribution is -0.121. The van der Waals surface area contributed by atoms with Gasteiger partial charge in [-0.25, -0.2) is 0 Å². The molecule has 0 aromatic heterocycles. The molecule has 70 valence electrons. The van der Waals surface area contributed by atoms with E-state index in [1.165, 1.54) is 25.5 Å². The highest BCUT2D eigenvalue weighted by Crippen LogP contribution is 2.41. The summed E-state index contributed by atoms with van der Waals surface area (Å²) in [4.78, 5) is 11.1. The number of carbonyl (C=O) groups is 1. The van der Waals surface area contributed by atoms with Gasteiger partial charge in [0.25, 0.3) is 0 Å². The first kappa shape index (κ1) is 9.76. The highest BCUT2D eigenvalue weighted by molar-refractivity contribution is 5.60. The zero-order valence-corrected chi connectivity index (χ0v) is 8.31. The first-order valence-electron chi connectivity index (χ1n) is 5.21. The van der Waals surface area contributed by atoms with E-state index in [4.69, 9.17) is 0 Å². The molecular weight excluding hydrogens is 148 g/mol. The zero-order valence-electron chi connectivity index (χ0n) is 8.31. The monoisotopic (exact) mass is 168 g/mol. The van der Waals surface area contributed by atoms with Crippen molar-refractivity contribution in [1.82, 2.24) is 0 Å². The van der Waals surface area contributed by atoms with Crippen LogP contribution in [0, 0.1) is 11.3 Å². The number of aldehydes is 1. The van der Waals surface area contributed by atoms with Crippen LogP contribution < -0.4 is 0 Å². The van der Waals surface area contributed by atoms with Crippen LogP contribution in [0.2, 0.25) is 0 Å². The Morgan fingerprint density at radius 3 is 2.33 bits per heavy atom. The third-order valence-electron chi connectivity index (χ3n) is 3.61. The third-order valence-corrected chi connectivity index (χ3v) is 3.61. The van der Waals surface area contributed by atoms with Crippen LogP contribution in [0.5, 0.6) is 0 Å². The van der Waals surface area contributed by atoms with Gasteiger partial charge in [-0.3, -0.25) is 0 Å². The molecule has 1 aliphatic carbocycles. The Morgan fingerprint density at radius 1 is 1.33 bits per heavy atom. The van der Waals surface area contributed by atoms with Crippen molar-refractivity contribution >= 4 is 6.29 Å². The maximum atomic E-state index is 11.1. The Balaban J connectivity index is 2.65. The smallest absolute Gasteiger partial charge is 0.126 e. The van der Waals surface area contributed by atoms with Gasteiger partial charge in [0, 0.05) is 5.41 Å². The second-order valence-corrected chi connectivity index (χ2v) is 4.22. The van der Waals surface area contributed by atoms with Crippen molar-refractivity contribution in [3.8, 4) is 0 Å². The Morgan fingerprint density at radius 2 is 1.92 bits per heavy atom. The van der Waals surface area contributed by atoms with Crippen LogP contribution in [0.3, 0.4) is 0 Å². The van der Waals surface area contributed by atoms with Crippen molar-refractivity contribution in [3.63, 3.8) is 0 Å². The van der Waals surface area contributed by atoms with E-state index in [9.17, 15) is 4.79 Å². The average molecular weight is 168 g/mol. The van der Waals surface area contributed by atoms with Crippen LogP contribution in [0.4, 0.5) is 0 Å². The molecule has 1 rings (SSSR count). The number of rotatable bonds is 3. The van der Waals surface area contributed by atoms with Gasteiger partial charge in [-0.1, -0.05) is 39.5 Å². The lowest BCUT2D eigenvalue weighted by atomic mass is 9.67. The maximum absolute atomic E-state index is 11.1. The summed E-state index contributed by atoms with van der Waals surface area (Å²) >= 11 is 0.